The van der Waals surface area contributed by atoms with Gasteiger partial charge in [-0.15, -0.1) is 0 Å². The van der Waals surface area contributed by atoms with Crippen molar-refractivity contribution < 1.29 is 40.3 Å². The van der Waals surface area contributed by atoms with E-state index in [0.717, 1.165) is 16.5 Å². The number of rotatable bonds is 5. The van der Waals surface area contributed by atoms with Crippen LogP contribution in [-0.2, 0) is 23.6 Å². The van der Waals surface area contributed by atoms with Gasteiger partial charge in [0.25, 0.3) is 5.91 Å². The van der Waals surface area contributed by atoms with E-state index in [1.54, 1.807) is 18.3 Å². The smallest absolute Gasteiger partial charge is 0.361 e. The molecule has 0 saturated carbocycles. The van der Waals surface area contributed by atoms with E-state index in [9.17, 15) is 40.3 Å². The number of carbonyl (C=O) groups is 2. The van der Waals surface area contributed by atoms with Crippen molar-refractivity contribution in [3.8, 4) is 0 Å². The maximum absolute atomic E-state index is 13.6. The molecule has 12 heteroatoms. The maximum Gasteiger partial charge on any atom is 0.416 e. The van der Waals surface area contributed by atoms with Crippen molar-refractivity contribution in [3.63, 3.8) is 0 Å². The van der Waals surface area contributed by atoms with Gasteiger partial charge in [0.05, 0.1) is 17.2 Å². The molecule has 1 aromatic heterocycles. The minimum atomic E-state index is -5.11. The molecule has 0 unspecified atom stereocenters. The highest BCUT2D eigenvalue weighted by Crippen LogP contribution is 2.37. The molecule has 224 valence electrons. The van der Waals surface area contributed by atoms with Crippen molar-refractivity contribution in [2.75, 3.05) is 19.6 Å². The highest BCUT2D eigenvalue weighted by atomic mass is 19.4. The summed E-state index contributed by atoms with van der Waals surface area (Å²) in [6.45, 7) is -0.195. The summed E-state index contributed by atoms with van der Waals surface area (Å²) < 4.78 is 94.6. The zero-order valence-electron chi connectivity index (χ0n) is 22.3. The van der Waals surface area contributed by atoms with E-state index >= 15 is 0 Å². The Kier molecular flexibility index (Phi) is 8.04. The number of H-pyrrole nitrogens is 1. The number of piperazine rings is 1. The molecule has 1 fully saturated rings. The first-order chi connectivity index (χ1) is 20.3. The predicted molar refractivity (Wildman–Crippen MR) is 145 cm³/mol. The molecule has 1 saturated heterocycles. The van der Waals surface area contributed by atoms with Gasteiger partial charge in [-0.05, 0) is 60.0 Å². The number of nitrogens with zero attached hydrogens (tertiary/aromatic N) is 2. The Morgan fingerprint density at radius 2 is 1.58 bits per heavy atom. The van der Waals surface area contributed by atoms with Gasteiger partial charge < -0.3 is 14.8 Å². The molecule has 2 heterocycles. The standard InChI is InChI=1S/C31H24F7N3O2/c32-24-5-3-4-19(12-24)8-9-28(42)40-10-11-41(25(18-40)15-21-17-39-27-7-2-1-6-26(21)27)29(43)20-13-22(30(33,34)35)16-23(14-20)31(36,37)38/h1-9,12-14,16-17,25,39H,10-11,15,18H2/t25-/m1/s1. The van der Waals surface area contributed by atoms with Gasteiger partial charge in [0, 0.05) is 48.4 Å². The zero-order chi connectivity index (χ0) is 30.9. The van der Waals surface area contributed by atoms with Crippen LogP contribution in [0.3, 0.4) is 0 Å². The van der Waals surface area contributed by atoms with Crippen LogP contribution in [0.2, 0.25) is 0 Å². The van der Waals surface area contributed by atoms with Crippen LogP contribution in [0.5, 0.6) is 0 Å². The van der Waals surface area contributed by atoms with Crippen molar-refractivity contribution in [1.82, 2.24) is 14.8 Å². The Bertz CT molecular complexity index is 1660. The fraction of sp³-hybridized carbons (Fsp3) is 0.226. The number of fused-ring (bicyclic) bond motifs is 1. The number of halogens is 7. The number of aromatic amines is 1. The fourth-order valence-electron chi connectivity index (χ4n) is 5.18. The maximum atomic E-state index is 13.6. The van der Waals surface area contributed by atoms with Gasteiger partial charge >= 0.3 is 12.4 Å². The summed E-state index contributed by atoms with van der Waals surface area (Å²) in [6, 6.07) is 12.9. The SMILES string of the molecule is O=C(C=Cc1cccc(F)c1)N1CCN(C(=O)c2cc(C(F)(F)F)cc(C(F)(F)F)c2)[C@H](Cc2c[nH]c3ccccc23)C1. The highest BCUT2D eigenvalue weighted by Gasteiger charge is 2.39. The van der Waals surface area contributed by atoms with Crippen molar-refractivity contribution in [2.24, 2.45) is 0 Å². The monoisotopic (exact) mass is 603 g/mol. The summed E-state index contributed by atoms with van der Waals surface area (Å²) >= 11 is 0. The number of carbonyl (C=O) groups excluding carboxylic acids is 2. The number of para-hydroxylation sites is 1. The highest BCUT2D eigenvalue weighted by molar-refractivity contribution is 5.96. The van der Waals surface area contributed by atoms with E-state index in [0.29, 0.717) is 17.7 Å². The molecule has 1 aliphatic heterocycles. The van der Waals surface area contributed by atoms with Crippen molar-refractivity contribution in [3.05, 3.63) is 113 Å². The first kappa shape index (κ1) is 29.9. The van der Waals surface area contributed by atoms with Crippen molar-refractivity contribution >= 4 is 28.8 Å². The number of hydrogen-bond donors (Lipinski definition) is 1. The average Bonchev–Trinajstić information content (AvgIpc) is 3.37. The van der Waals surface area contributed by atoms with E-state index in [-0.39, 0.29) is 32.1 Å². The summed E-state index contributed by atoms with van der Waals surface area (Å²) in [7, 11) is 0. The number of hydrogen-bond acceptors (Lipinski definition) is 2. The molecular formula is C31H24F7N3O2. The Hall–Kier alpha value is -4.61. The summed E-state index contributed by atoms with van der Waals surface area (Å²) in [5, 5.41) is 0.822. The van der Waals surface area contributed by atoms with Gasteiger partial charge in [-0.1, -0.05) is 30.3 Å². The zero-order valence-corrected chi connectivity index (χ0v) is 22.3. The van der Waals surface area contributed by atoms with Gasteiger partial charge in [0.15, 0.2) is 0 Å². The Morgan fingerprint density at radius 3 is 2.26 bits per heavy atom. The number of benzene rings is 3. The lowest BCUT2D eigenvalue weighted by atomic mass is 9.98. The second kappa shape index (κ2) is 11.6. The van der Waals surface area contributed by atoms with E-state index < -0.39 is 52.7 Å². The van der Waals surface area contributed by atoms with Crippen LogP contribution in [0.4, 0.5) is 30.7 Å². The van der Waals surface area contributed by atoms with E-state index in [4.69, 9.17) is 0 Å². The molecule has 4 aromatic rings. The normalized spacial score (nSPS) is 16.3. The molecule has 0 radical (unpaired) electrons. The third-order valence-corrected chi connectivity index (χ3v) is 7.29. The number of amides is 2. The Morgan fingerprint density at radius 1 is 0.884 bits per heavy atom. The third kappa shape index (κ3) is 6.73. The second-order valence-corrected chi connectivity index (χ2v) is 10.2. The van der Waals surface area contributed by atoms with Gasteiger partial charge in [0.1, 0.15) is 5.82 Å². The van der Waals surface area contributed by atoms with Gasteiger partial charge in [-0.3, -0.25) is 9.59 Å². The first-order valence-corrected chi connectivity index (χ1v) is 13.2. The molecule has 3 aromatic carbocycles. The molecule has 0 bridgehead atoms. The quantitative estimate of drug-likeness (QED) is 0.198. The van der Waals surface area contributed by atoms with Crippen LogP contribution in [-0.4, -0.2) is 52.3 Å². The molecule has 1 atom stereocenters. The fourth-order valence-corrected chi connectivity index (χ4v) is 5.18. The van der Waals surface area contributed by atoms with Gasteiger partial charge in [-0.25, -0.2) is 4.39 Å². The molecule has 5 rings (SSSR count). The van der Waals surface area contributed by atoms with Crippen LogP contribution in [0.25, 0.3) is 17.0 Å². The predicted octanol–water partition coefficient (Wildman–Crippen LogP) is 6.95. The van der Waals surface area contributed by atoms with Crippen LogP contribution in [0.15, 0.2) is 79.0 Å². The topological polar surface area (TPSA) is 56.4 Å². The minimum Gasteiger partial charge on any atom is -0.361 e. The lowest BCUT2D eigenvalue weighted by Gasteiger charge is -2.41. The summed E-state index contributed by atoms with van der Waals surface area (Å²) in [6.07, 6.45) is -5.67. The molecule has 1 aliphatic rings. The van der Waals surface area contributed by atoms with E-state index in [1.807, 2.05) is 18.2 Å². The second-order valence-electron chi connectivity index (χ2n) is 10.2. The molecule has 0 spiro atoms. The third-order valence-electron chi connectivity index (χ3n) is 7.29. The average molecular weight is 604 g/mol. The Balaban J connectivity index is 1.47. The van der Waals surface area contributed by atoms with Crippen molar-refractivity contribution in [2.45, 2.75) is 24.8 Å². The number of alkyl halides is 6. The summed E-state index contributed by atoms with van der Waals surface area (Å²) in [5.41, 5.74) is -1.93. The van der Waals surface area contributed by atoms with Crippen LogP contribution in [0, 0.1) is 5.82 Å². The number of nitrogens with one attached hydrogen (secondary N) is 1. The molecule has 43 heavy (non-hydrogen) atoms. The molecule has 2 amide bonds. The lowest BCUT2D eigenvalue weighted by Crippen LogP contribution is -2.57. The van der Waals surface area contributed by atoms with Gasteiger partial charge in [0.2, 0.25) is 5.91 Å². The molecular weight excluding hydrogens is 579 g/mol. The number of aromatic nitrogens is 1. The van der Waals surface area contributed by atoms with E-state index in [2.05, 4.69) is 4.98 Å². The largest absolute Gasteiger partial charge is 0.416 e. The summed E-state index contributed by atoms with van der Waals surface area (Å²) in [4.78, 5) is 32.4. The van der Waals surface area contributed by atoms with Crippen molar-refractivity contribution in [1.29, 1.82) is 0 Å². The van der Waals surface area contributed by atoms with Gasteiger partial charge in [-0.2, -0.15) is 26.3 Å². The Labute approximate surface area is 241 Å². The lowest BCUT2D eigenvalue weighted by molar-refractivity contribution is -0.143. The molecule has 1 N–H and O–H groups in total. The minimum absolute atomic E-state index is 0.0203. The van der Waals surface area contributed by atoms with Crippen LogP contribution < -0.4 is 0 Å². The molecule has 5 nitrogen and oxygen atoms in total. The van der Waals surface area contributed by atoms with E-state index in [1.165, 1.54) is 40.2 Å². The molecule has 0 aliphatic carbocycles. The van der Waals surface area contributed by atoms with Crippen LogP contribution >= 0.6 is 0 Å². The first-order valence-electron chi connectivity index (χ1n) is 13.2. The van der Waals surface area contributed by atoms with Crippen LogP contribution in [0.1, 0.15) is 32.6 Å². The summed E-state index contributed by atoms with van der Waals surface area (Å²) in [5.74, 6) is -1.94.